The van der Waals surface area contributed by atoms with Gasteiger partial charge >= 0.3 is 21.1 Å². The molecule has 18 heavy (non-hydrogen) atoms. The minimum absolute atomic E-state index is 0.0618. The van der Waals surface area contributed by atoms with E-state index in [9.17, 15) is 34.8 Å². The summed E-state index contributed by atoms with van der Waals surface area (Å²) in [5.41, 5.74) is -9.81. The molecule has 0 saturated carbocycles. The Morgan fingerprint density at radius 3 is 1.94 bits per heavy atom. The molecule has 0 aliphatic heterocycles. The van der Waals surface area contributed by atoms with E-state index in [1.54, 1.807) is 0 Å². The maximum atomic E-state index is 11.8. The Kier molecular flexibility index (Phi) is 6.79. The van der Waals surface area contributed by atoms with Gasteiger partial charge in [0, 0.05) is 5.75 Å². The van der Waals surface area contributed by atoms with Gasteiger partial charge in [-0.05, 0) is 12.8 Å². The van der Waals surface area contributed by atoms with Crippen LogP contribution >= 0.6 is 11.8 Å². The largest absolute Gasteiger partial charge is 0.523 e. The molecule has 110 valence electrons. The van der Waals surface area contributed by atoms with E-state index in [0.717, 1.165) is 0 Å². The minimum atomic E-state index is -5.60. The molecule has 0 unspecified atom stereocenters. The number of hydrogen-bond donors (Lipinski definition) is 0. The molecule has 11 heteroatoms. The predicted molar refractivity (Wildman–Crippen MR) is 53.3 cm³/mol. The van der Waals surface area contributed by atoms with Gasteiger partial charge in [-0.1, -0.05) is 18.2 Å². The van der Waals surface area contributed by atoms with Crippen LogP contribution in [0.2, 0.25) is 0 Å². The Morgan fingerprint density at radius 1 is 0.944 bits per heavy atom. The molecule has 0 rings (SSSR count). The van der Waals surface area contributed by atoms with Crippen LogP contribution in [-0.4, -0.2) is 31.8 Å². The fourth-order valence-electron chi connectivity index (χ4n) is 0.804. The van der Waals surface area contributed by atoms with Gasteiger partial charge in [-0.25, -0.2) is 0 Å². The maximum Gasteiger partial charge on any atom is 0.523 e. The highest BCUT2D eigenvalue weighted by molar-refractivity contribution is 8.00. The summed E-state index contributed by atoms with van der Waals surface area (Å²) in [5.74, 6) is -0.227. The van der Waals surface area contributed by atoms with E-state index < -0.39 is 27.7 Å². The van der Waals surface area contributed by atoms with Crippen molar-refractivity contribution in [3.8, 4) is 0 Å². The van der Waals surface area contributed by atoms with Crippen molar-refractivity contribution in [3.05, 3.63) is 0 Å². The molecular formula is C7H10F6O3S2. The number of hydrogen-bond acceptors (Lipinski definition) is 4. The fourth-order valence-corrected chi connectivity index (χ4v) is 1.86. The zero-order valence-electron chi connectivity index (χ0n) is 8.84. The van der Waals surface area contributed by atoms with E-state index in [4.69, 9.17) is 0 Å². The first-order valence-corrected chi connectivity index (χ1v) is 7.01. The smallest absolute Gasteiger partial charge is 0.263 e. The molecule has 0 aromatic carbocycles. The number of alkyl halides is 6. The lowest BCUT2D eigenvalue weighted by atomic mass is 10.3. The molecule has 0 fully saturated rings. The first kappa shape index (κ1) is 17.8. The summed E-state index contributed by atoms with van der Waals surface area (Å²) in [4.78, 5) is 0. The van der Waals surface area contributed by atoms with Crippen molar-refractivity contribution in [2.24, 2.45) is 0 Å². The van der Waals surface area contributed by atoms with Gasteiger partial charge in [-0.2, -0.15) is 34.8 Å². The quantitative estimate of drug-likeness (QED) is 0.312. The normalized spacial score (nSPS) is 13.9. The second-order valence-corrected chi connectivity index (χ2v) is 5.84. The summed E-state index contributed by atoms with van der Waals surface area (Å²) in [6.45, 7) is -0.696. The van der Waals surface area contributed by atoms with Gasteiger partial charge in [0.05, 0.1) is 6.61 Å². The summed E-state index contributed by atoms with van der Waals surface area (Å²) >= 11 is -0.238. The molecule has 0 aromatic rings. The minimum Gasteiger partial charge on any atom is -0.263 e. The predicted octanol–water partition coefficient (Wildman–Crippen LogP) is 3.28. The lowest BCUT2D eigenvalue weighted by molar-refractivity contribution is -0.0543. The lowest BCUT2D eigenvalue weighted by Crippen LogP contribution is -2.25. The topological polar surface area (TPSA) is 43.4 Å². The Labute approximate surface area is 104 Å². The van der Waals surface area contributed by atoms with Gasteiger partial charge in [0.2, 0.25) is 0 Å². The third kappa shape index (κ3) is 8.03. The average molecular weight is 320 g/mol. The van der Waals surface area contributed by atoms with E-state index in [-0.39, 0.29) is 36.8 Å². The van der Waals surface area contributed by atoms with Crippen LogP contribution in [0.4, 0.5) is 26.3 Å². The van der Waals surface area contributed by atoms with E-state index in [1.165, 1.54) is 0 Å². The van der Waals surface area contributed by atoms with Crippen LogP contribution in [0.3, 0.4) is 0 Å². The Hall–Kier alpha value is -0.160. The van der Waals surface area contributed by atoms with Crippen molar-refractivity contribution < 1.29 is 38.9 Å². The molecule has 0 bridgehead atoms. The Bertz CT molecular complexity index is 334. The summed E-state index contributed by atoms with van der Waals surface area (Å²) in [5, 5.41) is 0. The molecule has 0 aromatic heterocycles. The number of rotatable bonds is 7. The van der Waals surface area contributed by atoms with Gasteiger partial charge in [0.15, 0.2) is 0 Å². The van der Waals surface area contributed by atoms with Crippen molar-refractivity contribution >= 4 is 21.9 Å². The van der Waals surface area contributed by atoms with E-state index >= 15 is 0 Å². The molecule has 0 amide bonds. The van der Waals surface area contributed by atoms with Crippen molar-refractivity contribution in [1.29, 1.82) is 0 Å². The molecule has 0 heterocycles. The van der Waals surface area contributed by atoms with E-state index in [1.807, 2.05) is 0 Å². The molecule has 3 nitrogen and oxygen atoms in total. The molecule has 0 radical (unpaired) electrons. The third-order valence-electron chi connectivity index (χ3n) is 1.58. The first-order valence-electron chi connectivity index (χ1n) is 4.62. The zero-order chi connectivity index (χ0) is 14.4. The van der Waals surface area contributed by atoms with Gasteiger partial charge in [0.1, 0.15) is 0 Å². The van der Waals surface area contributed by atoms with Crippen LogP contribution in [-0.2, 0) is 14.3 Å². The monoisotopic (exact) mass is 320 g/mol. The van der Waals surface area contributed by atoms with Gasteiger partial charge in [0.25, 0.3) is 0 Å². The van der Waals surface area contributed by atoms with Crippen LogP contribution < -0.4 is 0 Å². The second kappa shape index (κ2) is 6.85. The number of unbranched alkanes of at least 4 members (excludes halogenated alkanes) is 2. The van der Waals surface area contributed by atoms with Gasteiger partial charge < -0.3 is 0 Å². The van der Waals surface area contributed by atoms with E-state index in [2.05, 4.69) is 4.18 Å². The summed E-state index contributed by atoms with van der Waals surface area (Å²) < 4.78 is 94.6. The third-order valence-corrected chi connectivity index (χ3v) is 3.44. The highest BCUT2D eigenvalue weighted by Gasteiger charge is 2.47. The molecular weight excluding hydrogens is 310 g/mol. The SMILES string of the molecule is O=S(=O)(OCCCCCSC(F)(F)F)C(F)(F)F. The summed E-state index contributed by atoms with van der Waals surface area (Å²) in [7, 11) is -5.60. The maximum absolute atomic E-state index is 11.8. The molecule has 0 spiro atoms. The fraction of sp³-hybridized carbons (Fsp3) is 1.00. The first-order chi connectivity index (χ1) is 7.96. The van der Waals surface area contributed by atoms with Crippen LogP contribution in [0.25, 0.3) is 0 Å². The highest BCUT2D eigenvalue weighted by atomic mass is 32.2. The standard InChI is InChI=1S/C7H10F6O3S2/c8-6(9,10)17-5-3-1-2-4-16-18(14,15)7(11,12)13/h1-5H2. The van der Waals surface area contributed by atoms with Crippen molar-refractivity contribution in [2.75, 3.05) is 12.4 Å². The molecule has 0 aliphatic carbocycles. The zero-order valence-corrected chi connectivity index (χ0v) is 10.5. The van der Waals surface area contributed by atoms with Crippen molar-refractivity contribution in [1.82, 2.24) is 0 Å². The van der Waals surface area contributed by atoms with Gasteiger partial charge in [-0.15, -0.1) is 0 Å². The Morgan fingerprint density at radius 2 is 1.50 bits per heavy atom. The number of thioether (sulfide) groups is 1. The molecule has 0 saturated heterocycles. The van der Waals surface area contributed by atoms with Crippen molar-refractivity contribution in [3.63, 3.8) is 0 Å². The average Bonchev–Trinajstić information content (AvgIpc) is 2.12. The summed E-state index contributed by atoms with van der Waals surface area (Å²) in [6.07, 6.45) is 0.198. The van der Waals surface area contributed by atoms with Crippen LogP contribution in [0.1, 0.15) is 19.3 Å². The van der Waals surface area contributed by atoms with Gasteiger partial charge in [-0.3, -0.25) is 4.18 Å². The number of halogens is 6. The van der Waals surface area contributed by atoms with Crippen LogP contribution in [0, 0.1) is 0 Å². The van der Waals surface area contributed by atoms with E-state index in [0.29, 0.717) is 0 Å². The molecule has 0 N–H and O–H groups in total. The molecule has 0 aliphatic rings. The molecule has 0 atom stereocenters. The Balaban J connectivity index is 3.65. The lowest BCUT2D eigenvalue weighted by Gasteiger charge is -2.08. The second-order valence-electron chi connectivity index (χ2n) is 3.08. The van der Waals surface area contributed by atoms with Crippen molar-refractivity contribution in [2.45, 2.75) is 30.3 Å². The van der Waals surface area contributed by atoms with Crippen LogP contribution in [0.5, 0.6) is 0 Å². The summed E-state index contributed by atoms with van der Waals surface area (Å²) in [6, 6.07) is 0. The van der Waals surface area contributed by atoms with Crippen LogP contribution in [0.15, 0.2) is 0 Å². The highest BCUT2D eigenvalue weighted by Crippen LogP contribution is 2.30.